The molecule has 0 unspecified atom stereocenters. The molecule has 0 aliphatic heterocycles. The standard InChI is InChI=1S/C15H18ClNO3/c1-4-7-17-12-6-5-10(19-2)8-11(12)14(13(17)9-16)15(18)20-3/h5-6,8H,4,7,9H2,1-3H3. The number of ether oxygens (including phenoxy) is 2. The molecule has 0 aliphatic carbocycles. The molecule has 0 radical (unpaired) electrons. The van der Waals surface area contributed by atoms with Gasteiger partial charge in [-0.25, -0.2) is 4.79 Å². The summed E-state index contributed by atoms with van der Waals surface area (Å²) in [6.07, 6.45) is 0.959. The quantitative estimate of drug-likeness (QED) is 0.625. The molecular weight excluding hydrogens is 278 g/mol. The van der Waals surface area contributed by atoms with Crippen LogP contribution in [0.2, 0.25) is 0 Å². The van der Waals surface area contributed by atoms with Crippen LogP contribution in [-0.2, 0) is 17.2 Å². The number of hydrogen-bond donors (Lipinski definition) is 0. The molecule has 0 fully saturated rings. The minimum Gasteiger partial charge on any atom is -0.497 e. The normalized spacial score (nSPS) is 10.8. The van der Waals surface area contributed by atoms with Crippen molar-refractivity contribution < 1.29 is 14.3 Å². The number of halogens is 1. The highest BCUT2D eigenvalue weighted by Gasteiger charge is 2.22. The van der Waals surface area contributed by atoms with Crippen molar-refractivity contribution in [2.24, 2.45) is 0 Å². The summed E-state index contributed by atoms with van der Waals surface area (Å²) in [6.45, 7) is 2.90. The fraction of sp³-hybridized carbons (Fsp3) is 0.400. The van der Waals surface area contributed by atoms with Crippen molar-refractivity contribution in [1.82, 2.24) is 4.57 Å². The highest BCUT2D eigenvalue weighted by molar-refractivity contribution is 6.18. The largest absolute Gasteiger partial charge is 0.497 e. The van der Waals surface area contributed by atoms with Crippen molar-refractivity contribution in [2.75, 3.05) is 14.2 Å². The predicted octanol–water partition coefficient (Wildman–Crippen LogP) is 3.59. The number of methoxy groups -OCH3 is 2. The Morgan fingerprint density at radius 2 is 2.10 bits per heavy atom. The van der Waals surface area contributed by atoms with Crippen molar-refractivity contribution >= 4 is 28.5 Å². The summed E-state index contributed by atoms with van der Waals surface area (Å²) >= 11 is 6.06. The minimum absolute atomic E-state index is 0.265. The number of aromatic nitrogens is 1. The lowest BCUT2D eigenvalue weighted by Gasteiger charge is -2.08. The van der Waals surface area contributed by atoms with E-state index in [2.05, 4.69) is 11.5 Å². The molecule has 5 heteroatoms. The molecule has 0 saturated heterocycles. The number of rotatable bonds is 5. The maximum Gasteiger partial charge on any atom is 0.340 e. The van der Waals surface area contributed by atoms with Crippen LogP contribution >= 0.6 is 11.6 Å². The average Bonchev–Trinajstić information content (AvgIpc) is 2.79. The van der Waals surface area contributed by atoms with Crippen LogP contribution in [0.5, 0.6) is 5.75 Å². The zero-order valence-corrected chi connectivity index (χ0v) is 12.7. The van der Waals surface area contributed by atoms with Gasteiger partial charge in [0.2, 0.25) is 0 Å². The van der Waals surface area contributed by atoms with E-state index in [9.17, 15) is 4.79 Å². The lowest BCUT2D eigenvalue weighted by Crippen LogP contribution is -2.07. The van der Waals surface area contributed by atoms with Crippen LogP contribution in [0, 0.1) is 0 Å². The predicted molar refractivity (Wildman–Crippen MR) is 79.7 cm³/mol. The smallest absolute Gasteiger partial charge is 0.340 e. The van der Waals surface area contributed by atoms with Crippen molar-refractivity contribution in [3.8, 4) is 5.75 Å². The molecule has 0 saturated carbocycles. The van der Waals surface area contributed by atoms with Crippen molar-refractivity contribution in [3.05, 3.63) is 29.5 Å². The first kappa shape index (κ1) is 14.7. The van der Waals surface area contributed by atoms with Gasteiger partial charge >= 0.3 is 5.97 Å². The molecule has 0 amide bonds. The Labute approximate surface area is 123 Å². The minimum atomic E-state index is -0.367. The lowest BCUT2D eigenvalue weighted by molar-refractivity contribution is 0.0601. The number of hydrogen-bond acceptors (Lipinski definition) is 3. The summed E-state index contributed by atoms with van der Waals surface area (Å²) in [6, 6.07) is 5.68. The summed E-state index contributed by atoms with van der Waals surface area (Å²) < 4.78 is 12.2. The molecule has 4 nitrogen and oxygen atoms in total. The highest BCUT2D eigenvalue weighted by atomic mass is 35.5. The van der Waals surface area contributed by atoms with Crippen LogP contribution < -0.4 is 4.74 Å². The van der Waals surface area contributed by atoms with E-state index in [0.29, 0.717) is 11.3 Å². The number of alkyl halides is 1. The number of benzene rings is 1. The van der Waals surface area contributed by atoms with Gasteiger partial charge in [-0.1, -0.05) is 6.92 Å². The molecule has 1 aromatic carbocycles. The highest BCUT2D eigenvalue weighted by Crippen LogP contribution is 2.31. The van der Waals surface area contributed by atoms with Crippen LogP contribution in [-0.4, -0.2) is 24.8 Å². The maximum absolute atomic E-state index is 12.1. The summed E-state index contributed by atoms with van der Waals surface area (Å²) in [5.74, 6) is 0.604. The van der Waals surface area contributed by atoms with E-state index in [4.69, 9.17) is 21.1 Å². The Bertz CT molecular complexity index is 634. The Morgan fingerprint density at radius 3 is 2.65 bits per heavy atom. The molecule has 20 heavy (non-hydrogen) atoms. The van der Waals surface area contributed by atoms with Gasteiger partial charge in [0.1, 0.15) is 5.75 Å². The van der Waals surface area contributed by atoms with Gasteiger partial charge in [-0.15, -0.1) is 11.6 Å². The molecule has 108 valence electrons. The third kappa shape index (κ3) is 2.36. The van der Waals surface area contributed by atoms with Gasteiger partial charge in [0.25, 0.3) is 0 Å². The van der Waals surface area contributed by atoms with Gasteiger partial charge in [0.05, 0.1) is 25.7 Å². The van der Waals surface area contributed by atoms with Gasteiger partial charge < -0.3 is 14.0 Å². The fourth-order valence-corrected chi connectivity index (χ4v) is 2.74. The first-order valence-electron chi connectivity index (χ1n) is 6.51. The topological polar surface area (TPSA) is 40.5 Å². The third-order valence-corrected chi connectivity index (χ3v) is 3.59. The molecule has 0 aliphatic rings. The van der Waals surface area contributed by atoms with E-state index in [1.54, 1.807) is 7.11 Å². The van der Waals surface area contributed by atoms with E-state index in [1.807, 2.05) is 18.2 Å². The second-order valence-corrected chi connectivity index (χ2v) is 4.75. The van der Waals surface area contributed by atoms with E-state index in [0.717, 1.165) is 29.6 Å². The maximum atomic E-state index is 12.1. The van der Waals surface area contributed by atoms with E-state index in [1.165, 1.54) is 7.11 Å². The number of carbonyl (C=O) groups excluding carboxylic acids is 1. The van der Waals surface area contributed by atoms with Crippen molar-refractivity contribution in [2.45, 2.75) is 25.8 Å². The Kier molecular flexibility index (Phi) is 4.55. The van der Waals surface area contributed by atoms with Gasteiger partial charge in [-0.2, -0.15) is 0 Å². The molecular formula is C15H18ClNO3. The first-order valence-corrected chi connectivity index (χ1v) is 7.04. The lowest BCUT2D eigenvalue weighted by atomic mass is 10.1. The summed E-state index contributed by atoms with van der Waals surface area (Å²) in [4.78, 5) is 12.1. The fourth-order valence-electron chi connectivity index (χ4n) is 2.46. The summed E-state index contributed by atoms with van der Waals surface area (Å²) in [7, 11) is 2.98. The number of carbonyl (C=O) groups is 1. The zero-order valence-electron chi connectivity index (χ0n) is 11.9. The summed E-state index contributed by atoms with van der Waals surface area (Å²) in [5, 5.41) is 0.820. The van der Waals surface area contributed by atoms with Gasteiger partial charge in [-0.05, 0) is 24.6 Å². The number of aryl methyl sites for hydroxylation is 1. The molecule has 0 spiro atoms. The molecule has 1 heterocycles. The van der Waals surface area contributed by atoms with Crippen molar-refractivity contribution in [3.63, 3.8) is 0 Å². The second-order valence-electron chi connectivity index (χ2n) is 4.48. The molecule has 0 bridgehead atoms. The summed E-state index contributed by atoms with van der Waals surface area (Å²) in [5.41, 5.74) is 2.30. The van der Waals surface area contributed by atoms with E-state index >= 15 is 0 Å². The van der Waals surface area contributed by atoms with Gasteiger partial charge in [0.15, 0.2) is 0 Å². The van der Waals surface area contributed by atoms with E-state index < -0.39 is 0 Å². The van der Waals surface area contributed by atoms with Gasteiger partial charge in [0, 0.05) is 23.1 Å². The molecule has 2 aromatic rings. The third-order valence-electron chi connectivity index (χ3n) is 3.34. The molecule has 1 aromatic heterocycles. The number of nitrogens with zero attached hydrogens (tertiary/aromatic N) is 1. The van der Waals surface area contributed by atoms with Crippen molar-refractivity contribution in [1.29, 1.82) is 0 Å². The van der Waals surface area contributed by atoms with Crippen LogP contribution in [0.4, 0.5) is 0 Å². The van der Waals surface area contributed by atoms with Gasteiger partial charge in [-0.3, -0.25) is 0 Å². The van der Waals surface area contributed by atoms with Crippen LogP contribution in [0.1, 0.15) is 29.4 Å². The zero-order chi connectivity index (χ0) is 14.7. The first-order chi connectivity index (χ1) is 9.67. The van der Waals surface area contributed by atoms with E-state index in [-0.39, 0.29) is 11.8 Å². The molecule has 2 rings (SSSR count). The van der Waals surface area contributed by atoms with Crippen LogP contribution in [0.3, 0.4) is 0 Å². The Balaban J connectivity index is 2.80. The Hall–Kier alpha value is -1.68. The van der Waals surface area contributed by atoms with Crippen LogP contribution in [0.25, 0.3) is 10.9 Å². The monoisotopic (exact) mass is 295 g/mol. The average molecular weight is 296 g/mol. The Morgan fingerprint density at radius 1 is 1.35 bits per heavy atom. The second kappa shape index (κ2) is 6.18. The number of esters is 1. The molecule has 0 atom stereocenters. The molecule has 0 N–H and O–H groups in total. The number of fused-ring (bicyclic) bond motifs is 1. The SMILES string of the molecule is CCCn1c(CCl)c(C(=O)OC)c2cc(OC)ccc21. The van der Waals surface area contributed by atoms with Crippen LogP contribution in [0.15, 0.2) is 18.2 Å².